The van der Waals surface area contributed by atoms with E-state index in [0.29, 0.717) is 48.6 Å². The molecule has 38 heavy (non-hydrogen) atoms. The maximum absolute atomic E-state index is 13.8. The van der Waals surface area contributed by atoms with E-state index in [-0.39, 0.29) is 30.9 Å². The fourth-order valence-corrected chi connectivity index (χ4v) is 4.98. The maximum Gasteiger partial charge on any atom is 0.256 e. The Kier molecular flexibility index (Phi) is 7.15. The van der Waals surface area contributed by atoms with Crippen LogP contribution in [-0.4, -0.2) is 66.1 Å². The molecule has 5 rings (SSSR count). The van der Waals surface area contributed by atoms with E-state index in [1.807, 2.05) is 0 Å². The quantitative estimate of drug-likeness (QED) is 0.535. The Labute approximate surface area is 219 Å². The number of hydrogen-bond acceptors (Lipinski definition) is 6. The second kappa shape index (κ2) is 10.7. The zero-order valence-electron chi connectivity index (χ0n) is 20.9. The summed E-state index contributed by atoms with van der Waals surface area (Å²) in [5, 5.41) is 2.83. The number of ether oxygens (including phenoxy) is 2. The summed E-state index contributed by atoms with van der Waals surface area (Å²) in [6.45, 7) is 0.824. The van der Waals surface area contributed by atoms with Crippen LogP contribution in [0.4, 0.5) is 4.39 Å². The lowest BCUT2D eigenvalue weighted by atomic mass is 9.96. The van der Waals surface area contributed by atoms with Gasteiger partial charge in [0.15, 0.2) is 0 Å². The molecule has 2 aliphatic rings. The third kappa shape index (κ3) is 4.99. The lowest BCUT2D eigenvalue weighted by molar-refractivity contribution is -0.128. The van der Waals surface area contributed by atoms with E-state index in [1.54, 1.807) is 48.4 Å². The fourth-order valence-electron chi connectivity index (χ4n) is 4.98. The molecular formula is C28H28FN3O6. The largest absolute Gasteiger partial charge is 0.497 e. The minimum atomic E-state index is -1.05. The first-order valence-electron chi connectivity index (χ1n) is 12.4. The number of furan rings is 1. The van der Waals surface area contributed by atoms with Crippen molar-refractivity contribution in [2.45, 2.75) is 31.2 Å². The number of nitrogens with one attached hydrogen (secondary N) is 1. The van der Waals surface area contributed by atoms with E-state index in [1.165, 1.54) is 35.4 Å². The summed E-state index contributed by atoms with van der Waals surface area (Å²) in [5.41, 5.74) is -0.274. The Bertz CT molecular complexity index is 1290. The molecule has 3 aromatic rings. The number of piperidine rings is 1. The molecule has 2 aromatic carbocycles. The number of carbonyl (C=O) groups excluding carboxylic acids is 3. The number of amides is 3. The molecule has 0 saturated carbocycles. The van der Waals surface area contributed by atoms with Crippen LogP contribution >= 0.6 is 0 Å². The van der Waals surface area contributed by atoms with E-state index in [9.17, 15) is 18.8 Å². The lowest BCUT2D eigenvalue weighted by Gasteiger charge is -2.44. The number of methoxy groups -OCH3 is 1. The van der Waals surface area contributed by atoms with Crippen LogP contribution in [-0.2, 0) is 16.1 Å². The predicted molar refractivity (Wildman–Crippen MR) is 134 cm³/mol. The van der Waals surface area contributed by atoms with Gasteiger partial charge in [-0.05, 0) is 60.7 Å². The summed E-state index contributed by atoms with van der Waals surface area (Å²) in [4.78, 5) is 43.2. The number of nitrogens with zero attached hydrogens (tertiary/aromatic N) is 2. The SMILES string of the molecule is COc1ccc(C(=O)N2[C@H](C(=O)NCc3ccco3)COC23CCN(C(=O)c2ccc(F)cc2)CC3)cc1. The molecule has 0 bridgehead atoms. The predicted octanol–water partition coefficient (Wildman–Crippen LogP) is 3.22. The number of rotatable bonds is 6. The first kappa shape index (κ1) is 25.5. The third-order valence-electron chi connectivity index (χ3n) is 7.06. The van der Waals surface area contributed by atoms with Gasteiger partial charge in [0.2, 0.25) is 5.91 Å². The van der Waals surface area contributed by atoms with Crippen LogP contribution in [0, 0.1) is 5.82 Å². The van der Waals surface area contributed by atoms with Crippen LogP contribution in [0.25, 0.3) is 0 Å². The molecule has 198 valence electrons. The van der Waals surface area contributed by atoms with Crippen molar-refractivity contribution in [1.29, 1.82) is 0 Å². The molecule has 3 heterocycles. The Morgan fingerprint density at radius 1 is 1.00 bits per heavy atom. The average Bonchev–Trinajstić information content (AvgIpc) is 3.60. The highest BCUT2D eigenvalue weighted by Gasteiger charge is 2.54. The van der Waals surface area contributed by atoms with Crippen molar-refractivity contribution in [3.63, 3.8) is 0 Å². The zero-order valence-corrected chi connectivity index (χ0v) is 20.9. The number of benzene rings is 2. The monoisotopic (exact) mass is 521 g/mol. The van der Waals surface area contributed by atoms with Crippen molar-refractivity contribution in [2.75, 3.05) is 26.8 Å². The Hall–Kier alpha value is -4.18. The molecular weight excluding hydrogens is 493 g/mol. The van der Waals surface area contributed by atoms with E-state index in [2.05, 4.69) is 5.32 Å². The van der Waals surface area contributed by atoms with Crippen LogP contribution in [0.2, 0.25) is 0 Å². The molecule has 1 spiro atoms. The van der Waals surface area contributed by atoms with E-state index in [4.69, 9.17) is 13.9 Å². The highest BCUT2D eigenvalue weighted by Crippen LogP contribution is 2.39. The Balaban J connectivity index is 1.36. The van der Waals surface area contributed by atoms with E-state index < -0.39 is 17.6 Å². The summed E-state index contributed by atoms with van der Waals surface area (Å²) < 4.78 is 30.0. The van der Waals surface area contributed by atoms with E-state index in [0.717, 1.165) is 0 Å². The van der Waals surface area contributed by atoms with Crippen molar-refractivity contribution < 1.29 is 32.7 Å². The van der Waals surface area contributed by atoms with Crippen LogP contribution in [0.1, 0.15) is 39.3 Å². The van der Waals surface area contributed by atoms with Gasteiger partial charge in [-0.25, -0.2) is 4.39 Å². The normalized spacial score (nSPS) is 18.4. The lowest BCUT2D eigenvalue weighted by Crippen LogP contribution is -2.59. The second-order valence-corrected chi connectivity index (χ2v) is 9.27. The Morgan fingerprint density at radius 3 is 2.29 bits per heavy atom. The average molecular weight is 522 g/mol. The zero-order chi connectivity index (χ0) is 26.7. The smallest absolute Gasteiger partial charge is 0.256 e. The minimum absolute atomic E-state index is 0.0256. The summed E-state index contributed by atoms with van der Waals surface area (Å²) in [6.07, 6.45) is 2.17. The highest BCUT2D eigenvalue weighted by molar-refractivity contribution is 5.98. The van der Waals surface area contributed by atoms with E-state index >= 15 is 0 Å². The van der Waals surface area contributed by atoms with Gasteiger partial charge >= 0.3 is 0 Å². The summed E-state index contributed by atoms with van der Waals surface area (Å²) in [6, 6.07) is 14.7. The van der Waals surface area contributed by atoms with Gasteiger partial charge < -0.3 is 24.1 Å². The van der Waals surface area contributed by atoms with Crippen molar-refractivity contribution >= 4 is 17.7 Å². The Morgan fingerprint density at radius 2 is 1.66 bits per heavy atom. The first-order valence-corrected chi connectivity index (χ1v) is 12.4. The van der Waals surface area contributed by atoms with Crippen LogP contribution < -0.4 is 10.1 Å². The molecule has 0 aliphatic carbocycles. The summed E-state index contributed by atoms with van der Waals surface area (Å²) in [7, 11) is 1.54. The van der Waals surface area contributed by atoms with Crippen molar-refractivity contribution in [3.05, 3.63) is 89.6 Å². The van der Waals surface area contributed by atoms with Crippen molar-refractivity contribution in [1.82, 2.24) is 15.1 Å². The van der Waals surface area contributed by atoms with Gasteiger partial charge in [-0.2, -0.15) is 0 Å². The molecule has 1 atom stereocenters. The standard InChI is InChI=1S/C28H28FN3O6/c1-36-22-10-6-20(7-11-22)27(35)32-24(25(33)30-17-23-3-2-16-37-23)18-38-28(32)12-14-31(15-13-28)26(34)19-4-8-21(29)9-5-19/h2-11,16,24H,12-15,17-18H2,1H3,(H,30,33)/t24-/m0/s1. The third-order valence-corrected chi connectivity index (χ3v) is 7.06. The van der Waals surface area contributed by atoms with Gasteiger partial charge in [-0.1, -0.05) is 0 Å². The maximum atomic E-state index is 13.8. The number of carbonyl (C=O) groups is 3. The van der Waals surface area contributed by atoms with Gasteiger partial charge in [-0.15, -0.1) is 0 Å². The fraction of sp³-hybridized carbons (Fsp3) is 0.321. The first-order chi connectivity index (χ1) is 18.4. The van der Waals surface area contributed by atoms with Gasteiger partial charge in [0.1, 0.15) is 29.1 Å². The van der Waals surface area contributed by atoms with Gasteiger partial charge in [0.05, 0.1) is 26.5 Å². The second-order valence-electron chi connectivity index (χ2n) is 9.27. The summed E-state index contributed by atoms with van der Waals surface area (Å²) >= 11 is 0. The topological polar surface area (TPSA) is 101 Å². The van der Waals surface area contributed by atoms with Gasteiger partial charge in [0.25, 0.3) is 11.8 Å². The minimum Gasteiger partial charge on any atom is -0.497 e. The molecule has 2 aliphatic heterocycles. The van der Waals surface area contributed by atoms with Crippen LogP contribution in [0.15, 0.2) is 71.3 Å². The number of hydrogen-bond donors (Lipinski definition) is 1. The molecule has 9 nitrogen and oxygen atoms in total. The molecule has 1 N–H and O–H groups in total. The van der Waals surface area contributed by atoms with Crippen molar-refractivity contribution in [3.8, 4) is 5.75 Å². The highest BCUT2D eigenvalue weighted by atomic mass is 19.1. The van der Waals surface area contributed by atoms with Crippen LogP contribution in [0.3, 0.4) is 0 Å². The van der Waals surface area contributed by atoms with Gasteiger partial charge in [-0.3, -0.25) is 19.3 Å². The summed E-state index contributed by atoms with van der Waals surface area (Å²) in [5.74, 6) is -0.144. The molecule has 1 aromatic heterocycles. The molecule has 0 radical (unpaired) electrons. The number of halogens is 1. The van der Waals surface area contributed by atoms with Crippen molar-refractivity contribution in [2.24, 2.45) is 0 Å². The molecule has 0 unspecified atom stereocenters. The van der Waals surface area contributed by atoms with Gasteiger partial charge in [0, 0.05) is 37.1 Å². The molecule has 2 fully saturated rings. The number of likely N-dealkylation sites (tertiary alicyclic amines) is 1. The molecule has 10 heteroatoms. The molecule has 2 saturated heterocycles. The molecule has 3 amide bonds. The van der Waals surface area contributed by atoms with Crippen LogP contribution in [0.5, 0.6) is 5.75 Å².